The van der Waals surface area contributed by atoms with E-state index >= 15 is 0 Å². The summed E-state index contributed by atoms with van der Waals surface area (Å²) >= 11 is 0.814. The second kappa shape index (κ2) is 5.99. The standard InChI is InChI=1S/C13H16N4O4S/c18-10-5-8(7-16(10)9-3-1-2-4-9)12(19)15-13-14-6-11(22-13)17(20)21/h6,8-9H,1-5,7H2,(H,14,15,19)/t8-/m1/s1. The van der Waals surface area contributed by atoms with Crippen LogP contribution in [0, 0.1) is 16.0 Å². The number of anilines is 1. The van der Waals surface area contributed by atoms with Crippen molar-refractivity contribution in [1.82, 2.24) is 9.88 Å². The molecular formula is C13H16N4O4S. The Kier molecular flexibility index (Phi) is 4.06. The van der Waals surface area contributed by atoms with Crippen molar-refractivity contribution in [2.75, 3.05) is 11.9 Å². The van der Waals surface area contributed by atoms with Crippen molar-refractivity contribution in [2.45, 2.75) is 38.1 Å². The lowest BCUT2D eigenvalue weighted by atomic mass is 10.1. The zero-order valence-corrected chi connectivity index (χ0v) is 12.7. The number of carbonyl (C=O) groups is 2. The van der Waals surface area contributed by atoms with Crippen LogP contribution in [0.25, 0.3) is 0 Å². The first kappa shape index (κ1) is 14.9. The summed E-state index contributed by atoms with van der Waals surface area (Å²) in [6.45, 7) is 0.433. The molecular weight excluding hydrogens is 308 g/mol. The highest BCUT2D eigenvalue weighted by molar-refractivity contribution is 7.18. The third kappa shape index (κ3) is 2.94. The van der Waals surface area contributed by atoms with Crippen LogP contribution in [0.1, 0.15) is 32.1 Å². The van der Waals surface area contributed by atoms with Crippen LogP contribution in [0.4, 0.5) is 10.1 Å². The van der Waals surface area contributed by atoms with Gasteiger partial charge in [0.1, 0.15) is 6.20 Å². The normalized spacial score (nSPS) is 22.3. The molecule has 9 heteroatoms. The molecule has 1 aromatic rings. The zero-order chi connectivity index (χ0) is 15.7. The summed E-state index contributed by atoms with van der Waals surface area (Å²) in [5.41, 5.74) is 0. The first-order chi connectivity index (χ1) is 10.5. The molecule has 1 N–H and O–H groups in total. The van der Waals surface area contributed by atoms with Gasteiger partial charge in [0.15, 0.2) is 5.13 Å². The average molecular weight is 324 g/mol. The molecule has 0 bridgehead atoms. The predicted octanol–water partition coefficient (Wildman–Crippen LogP) is 1.78. The molecule has 1 aliphatic carbocycles. The summed E-state index contributed by atoms with van der Waals surface area (Å²) in [6, 6.07) is 0.270. The summed E-state index contributed by atoms with van der Waals surface area (Å²) in [4.78, 5) is 40.0. The fraction of sp³-hybridized carbons (Fsp3) is 0.615. The maximum Gasteiger partial charge on any atom is 0.345 e. The smallest absolute Gasteiger partial charge is 0.339 e. The van der Waals surface area contributed by atoms with E-state index in [1.807, 2.05) is 4.90 Å². The van der Waals surface area contributed by atoms with Gasteiger partial charge < -0.3 is 10.2 Å². The topological polar surface area (TPSA) is 105 Å². The van der Waals surface area contributed by atoms with Gasteiger partial charge in [-0.25, -0.2) is 4.98 Å². The van der Waals surface area contributed by atoms with Crippen LogP contribution in [0.5, 0.6) is 0 Å². The van der Waals surface area contributed by atoms with E-state index in [-0.39, 0.29) is 34.4 Å². The van der Waals surface area contributed by atoms with Crippen LogP contribution in [-0.4, -0.2) is 39.2 Å². The number of thiazole rings is 1. The highest BCUT2D eigenvalue weighted by atomic mass is 32.1. The Bertz CT molecular complexity index is 611. The summed E-state index contributed by atoms with van der Waals surface area (Å²) in [5, 5.41) is 13.3. The lowest BCUT2D eigenvalue weighted by Crippen LogP contribution is -2.35. The number of hydrogen-bond acceptors (Lipinski definition) is 6. The van der Waals surface area contributed by atoms with Gasteiger partial charge in [0, 0.05) is 19.0 Å². The Hall–Kier alpha value is -2.03. The van der Waals surface area contributed by atoms with Gasteiger partial charge in [-0.2, -0.15) is 0 Å². The molecule has 0 unspecified atom stereocenters. The summed E-state index contributed by atoms with van der Waals surface area (Å²) in [6.07, 6.45) is 5.61. The van der Waals surface area contributed by atoms with E-state index in [9.17, 15) is 19.7 Å². The minimum absolute atomic E-state index is 0.0252. The molecule has 1 saturated carbocycles. The lowest BCUT2D eigenvalue weighted by Gasteiger charge is -2.23. The average Bonchev–Trinajstić information content (AvgIpc) is 3.17. The number of carbonyl (C=O) groups excluding carboxylic acids is 2. The van der Waals surface area contributed by atoms with Crippen molar-refractivity contribution in [1.29, 1.82) is 0 Å². The Morgan fingerprint density at radius 2 is 2.18 bits per heavy atom. The first-order valence-corrected chi connectivity index (χ1v) is 8.07. The van der Waals surface area contributed by atoms with Gasteiger partial charge in [0.2, 0.25) is 11.8 Å². The van der Waals surface area contributed by atoms with E-state index in [2.05, 4.69) is 10.3 Å². The Morgan fingerprint density at radius 1 is 1.45 bits per heavy atom. The van der Waals surface area contributed by atoms with Crippen LogP contribution in [0.15, 0.2) is 6.20 Å². The minimum Gasteiger partial charge on any atom is -0.339 e. The summed E-state index contributed by atoms with van der Waals surface area (Å²) < 4.78 is 0. The van der Waals surface area contributed by atoms with Crippen LogP contribution >= 0.6 is 11.3 Å². The van der Waals surface area contributed by atoms with E-state index in [4.69, 9.17) is 0 Å². The molecule has 118 valence electrons. The lowest BCUT2D eigenvalue weighted by molar-refractivity contribution is -0.380. The van der Waals surface area contributed by atoms with Crippen LogP contribution in [-0.2, 0) is 9.59 Å². The van der Waals surface area contributed by atoms with Gasteiger partial charge in [-0.15, -0.1) is 0 Å². The van der Waals surface area contributed by atoms with Gasteiger partial charge in [-0.1, -0.05) is 12.8 Å². The first-order valence-electron chi connectivity index (χ1n) is 7.25. The Balaban J connectivity index is 1.60. The van der Waals surface area contributed by atoms with Gasteiger partial charge in [0.25, 0.3) is 0 Å². The molecule has 3 rings (SSSR count). The maximum absolute atomic E-state index is 12.2. The second-order valence-electron chi connectivity index (χ2n) is 5.64. The van der Waals surface area contributed by atoms with Crippen molar-refractivity contribution in [3.63, 3.8) is 0 Å². The van der Waals surface area contributed by atoms with E-state index in [0.29, 0.717) is 6.54 Å². The van der Waals surface area contributed by atoms with E-state index in [1.54, 1.807) is 0 Å². The van der Waals surface area contributed by atoms with Crippen molar-refractivity contribution in [3.8, 4) is 0 Å². The van der Waals surface area contributed by atoms with Crippen LogP contribution < -0.4 is 5.32 Å². The number of hydrogen-bond donors (Lipinski definition) is 1. The molecule has 1 atom stereocenters. The molecule has 2 amide bonds. The number of aromatic nitrogens is 1. The molecule has 1 saturated heterocycles. The fourth-order valence-corrected chi connectivity index (χ4v) is 3.73. The maximum atomic E-state index is 12.2. The summed E-state index contributed by atoms with van der Waals surface area (Å²) in [5.74, 6) is -0.675. The SMILES string of the molecule is O=C(Nc1ncc([N+](=O)[O-])s1)[C@@H]1CC(=O)N(C2CCCC2)C1. The largest absolute Gasteiger partial charge is 0.345 e. The highest BCUT2D eigenvalue weighted by Gasteiger charge is 2.38. The number of rotatable bonds is 4. The molecule has 2 fully saturated rings. The number of likely N-dealkylation sites (tertiary alicyclic amines) is 1. The monoisotopic (exact) mass is 324 g/mol. The number of nitrogens with one attached hydrogen (secondary N) is 1. The Morgan fingerprint density at radius 3 is 2.82 bits per heavy atom. The van der Waals surface area contributed by atoms with E-state index in [0.717, 1.165) is 43.2 Å². The molecule has 8 nitrogen and oxygen atoms in total. The fourth-order valence-electron chi connectivity index (χ4n) is 3.09. The third-order valence-electron chi connectivity index (χ3n) is 4.20. The van der Waals surface area contributed by atoms with Gasteiger partial charge in [-0.3, -0.25) is 19.7 Å². The van der Waals surface area contributed by atoms with Gasteiger partial charge in [0.05, 0.1) is 10.8 Å². The van der Waals surface area contributed by atoms with Crippen LogP contribution in [0.2, 0.25) is 0 Å². The van der Waals surface area contributed by atoms with E-state index in [1.165, 1.54) is 0 Å². The van der Waals surface area contributed by atoms with Crippen molar-refractivity contribution < 1.29 is 14.5 Å². The number of nitro groups is 1. The van der Waals surface area contributed by atoms with Crippen molar-refractivity contribution in [3.05, 3.63) is 16.3 Å². The van der Waals surface area contributed by atoms with Gasteiger partial charge in [-0.05, 0) is 24.2 Å². The molecule has 22 heavy (non-hydrogen) atoms. The van der Waals surface area contributed by atoms with Crippen molar-refractivity contribution >= 4 is 33.3 Å². The number of nitrogens with zero attached hydrogens (tertiary/aromatic N) is 3. The summed E-state index contributed by atoms with van der Waals surface area (Å²) in [7, 11) is 0. The zero-order valence-electron chi connectivity index (χ0n) is 11.9. The van der Waals surface area contributed by atoms with E-state index < -0.39 is 10.8 Å². The molecule has 2 heterocycles. The van der Waals surface area contributed by atoms with Gasteiger partial charge >= 0.3 is 5.00 Å². The molecule has 0 spiro atoms. The molecule has 0 radical (unpaired) electrons. The quantitative estimate of drug-likeness (QED) is 0.671. The molecule has 1 aliphatic heterocycles. The predicted molar refractivity (Wildman–Crippen MR) is 79.5 cm³/mol. The minimum atomic E-state index is -0.547. The number of amides is 2. The molecule has 1 aromatic heterocycles. The second-order valence-corrected chi connectivity index (χ2v) is 6.64. The third-order valence-corrected chi connectivity index (χ3v) is 5.06. The molecule has 2 aliphatic rings. The van der Waals surface area contributed by atoms with Crippen LogP contribution in [0.3, 0.4) is 0 Å². The van der Waals surface area contributed by atoms with Crippen molar-refractivity contribution in [2.24, 2.45) is 5.92 Å². The Labute approximate surface area is 130 Å². The molecule has 0 aromatic carbocycles. The highest BCUT2D eigenvalue weighted by Crippen LogP contribution is 2.31.